The maximum atomic E-state index is 8.93. The van der Waals surface area contributed by atoms with Crippen LogP contribution in [0.25, 0.3) is 0 Å². The molecule has 1 rings (SSSR count). The Labute approximate surface area is 111 Å². The normalized spacial score (nSPS) is 19.4. The van der Waals surface area contributed by atoms with Crippen molar-refractivity contribution < 1.29 is 5.11 Å². The van der Waals surface area contributed by atoms with Crippen molar-refractivity contribution in [1.29, 1.82) is 0 Å². The minimum atomic E-state index is 0.365. The molecule has 17 heavy (non-hydrogen) atoms. The molecule has 1 aliphatic rings. The largest absolute Gasteiger partial charge is 0.396 e. The first-order valence-electron chi connectivity index (χ1n) is 7.27. The Morgan fingerprint density at radius 1 is 1.12 bits per heavy atom. The molecule has 0 aromatic heterocycles. The van der Waals surface area contributed by atoms with E-state index in [-0.39, 0.29) is 0 Å². The Morgan fingerprint density at radius 3 is 2.53 bits per heavy atom. The molecule has 1 fully saturated rings. The van der Waals surface area contributed by atoms with Crippen molar-refractivity contribution in [2.75, 3.05) is 37.7 Å². The highest BCUT2D eigenvalue weighted by molar-refractivity contribution is 7.99. The van der Waals surface area contributed by atoms with Crippen LogP contribution in [0, 0.1) is 5.92 Å². The lowest BCUT2D eigenvalue weighted by molar-refractivity contribution is 0.245. The summed E-state index contributed by atoms with van der Waals surface area (Å²) in [5, 5.41) is 8.93. The fraction of sp³-hybridized carbons (Fsp3) is 1.00. The number of hydrogen-bond acceptors (Lipinski definition) is 3. The zero-order chi connectivity index (χ0) is 12.3. The van der Waals surface area contributed by atoms with E-state index in [1.165, 1.54) is 63.2 Å². The second-order valence-corrected chi connectivity index (χ2v) is 6.31. The van der Waals surface area contributed by atoms with Gasteiger partial charge in [-0.3, -0.25) is 0 Å². The van der Waals surface area contributed by atoms with E-state index in [0.717, 1.165) is 12.3 Å². The van der Waals surface area contributed by atoms with E-state index in [1.54, 1.807) is 0 Å². The Hall–Kier alpha value is 0.270. The van der Waals surface area contributed by atoms with Crippen LogP contribution < -0.4 is 0 Å². The van der Waals surface area contributed by atoms with Crippen LogP contribution in [-0.2, 0) is 0 Å². The summed E-state index contributed by atoms with van der Waals surface area (Å²) in [5.74, 6) is 3.41. The van der Waals surface area contributed by atoms with Crippen LogP contribution in [0.4, 0.5) is 0 Å². The number of aliphatic hydroxyl groups is 1. The molecule has 0 radical (unpaired) electrons. The summed E-state index contributed by atoms with van der Waals surface area (Å²) in [6.07, 6.45) is 7.61. The number of nitrogens with zero attached hydrogens (tertiary/aromatic N) is 1. The van der Waals surface area contributed by atoms with Crippen LogP contribution in [0.2, 0.25) is 0 Å². The first kappa shape index (κ1) is 15.3. The molecule has 1 heterocycles. The quantitative estimate of drug-likeness (QED) is 0.644. The van der Waals surface area contributed by atoms with Crippen LogP contribution in [0.15, 0.2) is 0 Å². The van der Waals surface area contributed by atoms with Crippen molar-refractivity contribution in [2.45, 2.75) is 45.4 Å². The SMILES string of the molecule is CC[C@H](CCO)CCCCCN1CCSCC1. The van der Waals surface area contributed by atoms with Crippen molar-refractivity contribution in [3.05, 3.63) is 0 Å². The van der Waals surface area contributed by atoms with Crippen molar-refractivity contribution in [3.8, 4) is 0 Å². The van der Waals surface area contributed by atoms with Gasteiger partial charge in [0.05, 0.1) is 0 Å². The predicted octanol–water partition coefficient (Wildman–Crippen LogP) is 3.00. The molecule has 0 bridgehead atoms. The molecule has 0 saturated carbocycles. The van der Waals surface area contributed by atoms with Crippen LogP contribution in [0.1, 0.15) is 45.4 Å². The molecule has 1 saturated heterocycles. The summed E-state index contributed by atoms with van der Waals surface area (Å²) in [7, 11) is 0. The lowest BCUT2D eigenvalue weighted by Crippen LogP contribution is -2.33. The van der Waals surface area contributed by atoms with Gasteiger partial charge in [-0.25, -0.2) is 0 Å². The van der Waals surface area contributed by atoms with Crippen molar-refractivity contribution in [3.63, 3.8) is 0 Å². The zero-order valence-electron chi connectivity index (χ0n) is 11.4. The lowest BCUT2D eigenvalue weighted by atomic mass is 9.96. The van der Waals surface area contributed by atoms with Gasteiger partial charge in [-0.1, -0.05) is 32.6 Å². The van der Waals surface area contributed by atoms with Gasteiger partial charge < -0.3 is 10.0 Å². The minimum absolute atomic E-state index is 0.365. The average molecular weight is 259 g/mol. The molecule has 0 unspecified atom stereocenters. The third kappa shape index (κ3) is 7.32. The highest BCUT2D eigenvalue weighted by Gasteiger charge is 2.09. The molecule has 0 aromatic rings. The van der Waals surface area contributed by atoms with Crippen molar-refractivity contribution in [1.82, 2.24) is 4.90 Å². The molecule has 2 nitrogen and oxygen atoms in total. The molecular weight excluding hydrogens is 230 g/mol. The second-order valence-electron chi connectivity index (χ2n) is 5.09. The number of rotatable bonds is 9. The van der Waals surface area contributed by atoms with Gasteiger partial charge in [0.2, 0.25) is 0 Å². The van der Waals surface area contributed by atoms with Gasteiger partial charge in [-0.05, 0) is 25.3 Å². The lowest BCUT2D eigenvalue weighted by Gasteiger charge is -2.26. The zero-order valence-corrected chi connectivity index (χ0v) is 12.2. The number of aliphatic hydroxyl groups excluding tert-OH is 1. The molecule has 3 heteroatoms. The minimum Gasteiger partial charge on any atom is -0.396 e. The molecular formula is C14H29NOS. The topological polar surface area (TPSA) is 23.5 Å². The van der Waals surface area contributed by atoms with E-state index < -0.39 is 0 Å². The molecule has 102 valence electrons. The third-order valence-electron chi connectivity index (χ3n) is 3.81. The average Bonchev–Trinajstić information content (AvgIpc) is 2.38. The second kappa shape index (κ2) is 10.2. The number of hydrogen-bond donors (Lipinski definition) is 1. The smallest absolute Gasteiger partial charge is 0.0433 e. The van der Waals surface area contributed by atoms with E-state index in [0.29, 0.717) is 6.61 Å². The molecule has 1 atom stereocenters. The summed E-state index contributed by atoms with van der Waals surface area (Å²) in [6, 6.07) is 0. The molecule has 0 aromatic carbocycles. The Kier molecular flexibility index (Phi) is 9.21. The van der Waals surface area contributed by atoms with Gasteiger partial charge in [0, 0.05) is 31.2 Å². The number of unbranched alkanes of at least 4 members (excludes halogenated alkanes) is 2. The van der Waals surface area contributed by atoms with E-state index in [1.807, 2.05) is 0 Å². The van der Waals surface area contributed by atoms with Gasteiger partial charge in [0.25, 0.3) is 0 Å². The van der Waals surface area contributed by atoms with Gasteiger partial charge in [0.1, 0.15) is 0 Å². The summed E-state index contributed by atoms with van der Waals surface area (Å²) in [4.78, 5) is 2.61. The standard InChI is InChI=1S/C14H29NOS/c1-2-14(7-11-16)6-4-3-5-8-15-9-12-17-13-10-15/h14,16H,2-13H2,1H3/t14-/m0/s1. The van der Waals surface area contributed by atoms with E-state index in [2.05, 4.69) is 23.6 Å². The Morgan fingerprint density at radius 2 is 1.88 bits per heavy atom. The van der Waals surface area contributed by atoms with Crippen molar-refractivity contribution >= 4 is 11.8 Å². The summed E-state index contributed by atoms with van der Waals surface area (Å²) < 4.78 is 0. The fourth-order valence-electron chi connectivity index (χ4n) is 2.51. The highest BCUT2D eigenvalue weighted by atomic mass is 32.2. The van der Waals surface area contributed by atoms with Gasteiger partial charge in [-0.2, -0.15) is 11.8 Å². The first-order valence-corrected chi connectivity index (χ1v) is 8.43. The third-order valence-corrected chi connectivity index (χ3v) is 4.75. The molecule has 1 N–H and O–H groups in total. The monoisotopic (exact) mass is 259 g/mol. The van der Waals surface area contributed by atoms with Crippen LogP contribution in [0.5, 0.6) is 0 Å². The first-order chi connectivity index (χ1) is 8.36. The molecule has 0 aliphatic carbocycles. The van der Waals surface area contributed by atoms with E-state index in [9.17, 15) is 0 Å². The van der Waals surface area contributed by atoms with Crippen molar-refractivity contribution in [2.24, 2.45) is 5.92 Å². The number of thioether (sulfide) groups is 1. The van der Waals surface area contributed by atoms with E-state index >= 15 is 0 Å². The summed E-state index contributed by atoms with van der Waals surface area (Å²) in [5.41, 5.74) is 0. The molecule has 0 amide bonds. The van der Waals surface area contributed by atoms with Gasteiger partial charge in [0.15, 0.2) is 0 Å². The summed E-state index contributed by atoms with van der Waals surface area (Å²) in [6.45, 7) is 6.51. The van der Waals surface area contributed by atoms with Crippen LogP contribution in [0.3, 0.4) is 0 Å². The Balaban J connectivity index is 1.92. The maximum Gasteiger partial charge on any atom is 0.0433 e. The Bertz CT molecular complexity index is 165. The van der Waals surface area contributed by atoms with Crippen LogP contribution in [-0.4, -0.2) is 47.8 Å². The molecule has 0 spiro atoms. The maximum absolute atomic E-state index is 8.93. The fourth-order valence-corrected chi connectivity index (χ4v) is 3.48. The van der Waals surface area contributed by atoms with Gasteiger partial charge >= 0.3 is 0 Å². The predicted molar refractivity (Wildman–Crippen MR) is 77.7 cm³/mol. The highest BCUT2D eigenvalue weighted by Crippen LogP contribution is 2.17. The van der Waals surface area contributed by atoms with Gasteiger partial charge in [-0.15, -0.1) is 0 Å². The molecule has 1 aliphatic heterocycles. The van der Waals surface area contributed by atoms with E-state index in [4.69, 9.17) is 5.11 Å². The van der Waals surface area contributed by atoms with Crippen LogP contribution >= 0.6 is 11.8 Å². The summed E-state index contributed by atoms with van der Waals surface area (Å²) >= 11 is 2.09.